The summed E-state index contributed by atoms with van der Waals surface area (Å²) in [5.41, 5.74) is 0. The SMILES string of the molecule is CCN1CC(C(=O)NCCc2ncc[nH]2)CC1=O. The summed E-state index contributed by atoms with van der Waals surface area (Å²) < 4.78 is 0. The van der Waals surface area contributed by atoms with Crippen LogP contribution in [0.1, 0.15) is 19.2 Å². The van der Waals surface area contributed by atoms with E-state index >= 15 is 0 Å². The van der Waals surface area contributed by atoms with Crippen molar-refractivity contribution in [3.63, 3.8) is 0 Å². The quantitative estimate of drug-likeness (QED) is 0.768. The van der Waals surface area contributed by atoms with E-state index in [1.165, 1.54) is 0 Å². The van der Waals surface area contributed by atoms with E-state index in [0.717, 1.165) is 5.82 Å². The first-order valence-corrected chi connectivity index (χ1v) is 6.24. The van der Waals surface area contributed by atoms with Crippen LogP contribution in [0, 0.1) is 5.92 Å². The Morgan fingerprint density at radius 2 is 2.50 bits per heavy atom. The normalized spacial score (nSPS) is 19.3. The molecule has 1 atom stereocenters. The Balaban J connectivity index is 1.74. The number of carbonyl (C=O) groups excluding carboxylic acids is 2. The van der Waals surface area contributed by atoms with Gasteiger partial charge in [-0.3, -0.25) is 9.59 Å². The average Bonchev–Trinajstić information content (AvgIpc) is 2.98. The number of aromatic nitrogens is 2. The minimum Gasteiger partial charge on any atom is -0.355 e. The van der Waals surface area contributed by atoms with Crippen molar-refractivity contribution in [2.45, 2.75) is 19.8 Å². The molecule has 1 aromatic rings. The van der Waals surface area contributed by atoms with Crippen molar-refractivity contribution in [2.75, 3.05) is 19.6 Å². The Bertz CT molecular complexity index is 416. The van der Waals surface area contributed by atoms with Gasteiger partial charge in [0.15, 0.2) is 0 Å². The number of aromatic amines is 1. The van der Waals surface area contributed by atoms with Gasteiger partial charge in [-0.1, -0.05) is 0 Å². The molecule has 1 aromatic heterocycles. The minimum absolute atomic E-state index is 0.0362. The third-order valence-electron chi connectivity index (χ3n) is 3.18. The second kappa shape index (κ2) is 5.66. The highest BCUT2D eigenvalue weighted by Crippen LogP contribution is 2.17. The molecule has 0 bridgehead atoms. The minimum atomic E-state index is -0.200. The number of carbonyl (C=O) groups is 2. The van der Waals surface area contributed by atoms with E-state index < -0.39 is 0 Å². The molecule has 6 heteroatoms. The van der Waals surface area contributed by atoms with Gasteiger partial charge in [0.05, 0.1) is 5.92 Å². The summed E-state index contributed by atoms with van der Waals surface area (Å²) in [7, 11) is 0. The van der Waals surface area contributed by atoms with Gasteiger partial charge in [0.25, 0.3) is 0 Å². The van der Waals surface area contributed by atoms with Crippen LogP contribution in [-0.4, -0.2) is 46.3 Å². The second-order valence-electron chi connectivity index (χ2n) is 4.41. The molecule has 18 heavy (non-hydrogen) atoms. The monoisotopic (exact) mass is 250 g/mol. The van der Waals surface area contributed by atoms with E-state index in [9.17, 15) is 9.59 Å². The maximum atomic E-state index is 11.9. The van der Waals surface area contributed by atoms with E-state index in [1.54, 1.807) is 17.3 Å². The average molecular weight is 250 g/mol. The Kier molecular flexibility index (Phi) is 3.96. The fraction of sp³-hybridized carbons (Fsp3) is 0.583. The highest BCUT2D eigenvalue weighted by molar-refractivity contribution is 5.89. The Labute approximate surface area is 106 Å². The molecule has 1 aliphatic rings. The van der Waals surface area contributed by atoms with Crippen LogP contribution in [0.15, 0.2) is 12.4 Å². The molecule has 0 radical (unpaired) electrons. The number of nitrogens with one attached hydrogen (secondary N) is 2. The number of amides is 2. The van der Waals surface area contributed by atoms with Gasteiger partial charge in [-0.2, -0.15) is 0 Å². The molecule has 1 unspecified atom stereocenters. The fourth-order valence-corrected chi connectivity index (χ4v) is 2.14. The van der Waals surface area contributed by atoms with E-state index in [0.29, 0.717) is 32.5 Å². The van der Waals surface area contributed by atoms with Crippen molar-refractivity contribution in [1.82, 2.24) is 20.2 Å². The maximum Gasteiger partial charge on any atom is 0.225 e. The first-order chi connectivity index (χ1) is 8.70. The summed E-state index contributed by atoms with van der Waals surface area (Å²) in [5.74, 6) is 0.691. The Morgan fingerprint density at radius 1 is 1.67 bits per heavy atom. The van der Waals surface area contributed by atoms with Crippen molar-refractivity contribution in [1.29, 1.82) is 0 Å². The Morgan fingerprint density at radius 3 is 3.11 bits per heavy atom. The molecule has 1 fully saturated rings. The number of hydrogen-bond donors (Lipinski definition) is 2. The fourth-order valence-electron chi connectivity index (χ4n) is 2.14. The highest BCUT2D eigenvalue weighted by Gasteiger charge is 2.32. The van der Waals surface area contributed by atoms with E-state index in [-0.39, 0.29) is 17.7 Å². The van der Waals surface area contributed by atoms with E-state index in [4.69, 9.17) is 0 Å². The molecule has 2 amide bonds. The predicted molar refractivity (Wildman–Crippen MR) is 65.7 cm³/mol. The molecular formula is C12H18N4O2. The lowest BCUT2D eigenvalue weighted by molar-refractivity contribution is -0.128. The van der Waals surface area contributed by atoms with Gasteiger partial charge < -0.3 is 15.2 Å². The van der Waals surface area contributed by atoms with E-state index in [1.807, 2.05) is 6.92 Å². The van der Waals surface area contributed by atoms with Crippen LogP contribution in [0.3, 0.4) is 0 Å². The summed E-state index contributed by atoms with van der Waals surface area (Å²) >= 11 is 0. The molecule has 0 aromatic carbocycles. The van der Waals surface area contributed by atoms with Gasteiger partial charge in [0.1, 0.15) is 5.82 Å². The smallest absolute Gasteiger partial charge is 0.225 e. The van der Waals surface area contributed by atoms with Crippen LogP contribution < -0.4 is 5.32 Å². The molecule has 2 rings (SSSR count). The van der Waals surface area contributed by atoms with Gasteiger partial charge in [-0.25, -0.2) is 4.98 Å². The van der Waals surface area contributed by atoms with E-state index in [2.05, 4.69) is 15.3 Å². The van der Waals surface area contributed by atoms with Gasteiger partial charge in [-0.05, 0) is 6.92 Å². The zero-order chi connectivity index (χ0) is 13.0. The summed E-state index contributed by atoms with van der Waals surface area (Å²) in [6.07, 6.45) is 4.45. The number of hydrogen-bond acceptors (Lipinski definition) is 3. The third-order valence-corrected chi connectivity index (χ3v) is 3.18. The standard InChI is InChI=1S/C12H18N4O2/c1-2-16-8-9(7-11(16)17)12(18)15-4-3-10-13-5-6-14-10/h5-6,9H,2-4,7-8H2,1H3,(H,13,14)(H,15,18). The number of imidazole rings is 1. The lowest BCUT2D eigenvalue weighted by Gasteiger charge is -2.13. The van der Waals surface area contributed by atoms with Crippen LogP contribution in [-0.2, 0) is 16.0 Å². The van der Waals surface area contributed by atoms with Gasteiger partial charge in [0, 0.05) is 44.9 Å². The molecule has 2 heterocycles. The first-order valence-electron chi connectivity index (χ1n) is 6.24. The molecule has 1 saturated heterocycles. The number of rotatable bonds is 5. The highest BCUT2D eigenvalue weighted by atomic mass is 16.2. The topological polar surface area (TPSA) is 78.1 Å². The van der Waals surface area contributed by atoms with Crippen LogP contribution in [0.25, 0.3) is 0 Å². The molecule has 0 spiro atoms. The van der Waals surface area contributed by atoms with Crippen molar-refractivity contribution in [3.05, 3.63) is 18.2 Å². The Hall–Kier alpha value is -1.85. The lowest BCUT2D eigenvalue weighted by Crippen LogP contribution is -2.34. The number of nitrogens with zero attached hydrogens (tertiary/aromatic N) is 2. The van der Waals surface area contributed by atoms with Crippen LogP contribution >= 0.6 is 0 Å². The molecule has 0 aliphatic carbocycles. The molecule has 0 saturated carbocycles. The third kappa shape index (κ3) is 2.88. The largest absolute Gasteiger partial charge is 0.355 e. The van der Waals surface area contributed by atoms with Crippen LogP contribution in [0.2, 0.25) is 0 Å². The summed E-state index contributed by atoms with van der Waals surface area (Å²) in [6.45, 7) is 3.69. The molecule has 1 aliphatic heterocycles. The second-order valence-corrected chi connectivity index (χ2v) is 4.41. The predicted octanol–water partition coefficient (Wildman–Crippen LogP) is -0.0632. The number of likely N-dealkylation sites (tertiary alicyclic amines) is 1. The van der Waals surface area contributed by atoms with Crippen LogP contribution in [0.4, 0.5) is 0 Å². The van der Waals surface area contributed by atoms with Crippen molar-refractivity contribution in [2.24, 2.45) is 5.92 Å². The van der Waals surface area contributed by atoms with Gasteiger partial charge in [0.2, 0.25) is 11.8 Å². The van der Waals surface area contributed by atoms with Crippen molar-refractivity contribution < 1.29 is 9.59 Å². The summed E-state index contributed by atoms with van der Waals surface area (Å²) in [5, 5.41) is 2.85. The molecule has 6 nitrogen and oxygen atoms in total. The molecular weight excluding hydrogens is 232 g/mol. The lowest BCUT2D eigenvalue weighted by atomic mass is 10.1. The van der Waals surface area contributed by atoms with Crippen molar-refractivity contribution >= 4 is 11.8 Å². The zero-order valence-electron chi connectivity index (χ0n) is 10.5. The van der Waals surface area contributed by atoms with Crippen molar-refractivity contribution in [3.8, 4) is 0 Å². The zero-order valence-corrected chi connectivity index (χ0v) is 10.5. The summed E-state index contributed by atoms with van der Waals surface area (Å²) in [6, 6.07) is 0. The first kappa shape index (κ1) is 12.6. The summed E-state index contributed by atoms with van der Waals surface area (Å²) in [4.78, 5) is 32.1. The maximum absolute atomic E-state index is 11.9. The van der Waals surface area contributed by atoms with Gasteiger partial charge in [-0.15, -0.1) is 0 Å². The van der Waals surface area contributed by atoms with Crippen LogP contribution in [0.5, 0.6) is 0 Å². The van der Waals surface area contributed by atoms with Gasteiger partial charge >= 0.3 is 0 Å². The molecule has 98 valence electrons. The number of H-pyrrole nitrogens is 1. The molecule has 2 N–H and O–H groups in total.